The van der Waals surface area contributed by atoms with Crippen molar-refractivity contribution in [2.45, 2.75) is 213 Å². The lowest BCUT2D eigenvalue weighted by atomic mass is 9.91. The number of carboxylic acid groups (broad SMARTS) is 2. The summed E-state index contributed by atoms with van der Waals surface area (Å²) in [6.07, 6.45) is 30.1. The van der Waals surface area contributed by atoms with Gasteiger partial charge in [-0.25, -0.2) is 10.5 Å². The third-order valence-electron chi connectivity index (χ3n) is 13.7. The summed E-state index contributed by atoms with van der Waals surface area (Å²) in [6.45, 7) is 7.64. The lowest BCUT2D eigenvalue weighted by molar-refractivity contribution is -0.145. The van der Waals surface area contributed by atoms with E-state index in [1.807, 2.05) is 0 Å². The number of rotatable bonds is 50. The minimum absolute atomic E-state index is 0. The topological polar surface area (TPSA) is 287 Å². The largest absolute Gasteiger partial charge is 0.481 e. The van der Waals surface area contributed by atoms with E-state index in [4.69, 9.17) is 29.3 Å². The second-order valence-electron chi connectivity index (χ2n) is 21.0. The van der Waals surface area contributed by atoms with Gasteiger partial charge in [0, 0.05) is 90.4 Å². The number of likely N-dealkylation sites (tertiary alicyclic amines) is 1. The molecule has 1 aliphatic rings. The van der Waals surface area contributed by atoms with Crippen molar-refractivity contribution in [3.63, 3.8) is 0 Å². The molecule has 1 aromatic heterocycles. The van der Waals surface area contributed by atoms with Crippen molar-refractivity contribution in [2.24, 2.45) is 17.8 Å². The molecule has 20 heteroatoms. The van der Waals surface area contributed by atoms with Gasteiger partial charge in [0.05, 0.1) is 38.7 Å². The van der Waals surface area contributed by atoms with Crippen LogP contribution in [0.5, 0.6) is 0 Å². The minimum atomic E-state index is -1.17. The molecule has 1 aromatic rings. The van der Waals surface area contributed by atoms with E-state index in [1.165, 1.54) is 110 Å². The first-order valence-electron chi connectivity index (χ1n) is 29.2. The molecule has 0 aliphatic carbocycles. The Labute approximate surface area is 466 Å². The number of hydrogen-bond donors (Lipinski definition) is 5. The molecule has 448 valence electrons. The molecule has 78 heavy (non-hydrogen) atoms. The summed E-state index contributed by atoms with van der Waals surface area (Å²) in [5.41, 5.74) is 3.07. The number of carboxylic acids is 2. The number of imidazole rings is 1. The molecule has 2 atom stereocenters. The number of aromatic nitrogens is 2. The van der Waals surface area contributed by atoms with Crippen LogP contribution in [0.4, 0.5) is 0 Å². The van der Waals surface area contributed by atoms with E-state index in [-0.39, 0.29) is 108 Å². The Morgan fingerprint density at radius 2 is 1.17 bits per heavy atom. The van der Waals surface area contributed by atoms with Crippen molar-refractivity contribution in [3.05, 3.63) is 18.2 Å². The van der Waals surface area contributed by atoms with Gasteiger partial charge in [-0.1, -0.05) is 103 Å². The molecule has 0 radical (unpaired) electrons. The van der Waals surface area contributed by atoms with Crippen LogP contribution in [0.15, 0.2) is 12.5 Å². The standard InChI is InChI=1S/C32H50N4O12.C26H49NO3.H2/c1-23(37)16-26(32(43)44)18-28(39)7-5-11-45-12-13-46-21-31(42)36-48-15-14-47-20-30(41)34-10-4-3-6-25(24(2)38)17-29(40)9-8-27-19-33-22-35-27;1-24-20-22-27(23-21-24)25(28)18-16-14-12-10-8-6-4-2-3-5-7-9-11-13-15-17-19-26(29)30;/h19,22,25-26H,3-18,20-21H2,1-2H3,(H,33,35)(H,34,41)(H,36,42)(H,43,44);24H,2-23H2,1H3,(H,29,30);1H/t25-,26-;;/m1../s1. The highest BCUT2D eigenvalue weighted by molar-refractivity contribution is 5.88. The summed E-state index contributed by atoms with van der Waals surface area (Å²) in [5.74, 6) is -3.32. The Morgan fingerprint density at radius 3 is 1.72 bits per heavy atom. The number of aromatic amines is 1. The van der Waals surface area contributed by atoms with Gasteiger partial charge in [0.1, 0.15) is 36.3 Å². The maximum atomic E-state index is 12.3. The summed E-state index contributed by atoms with van der Waals surface area (Å²) in [7, 11) is 0. The van der Waals surface area contributed by atoms with Gasteiger partial charge in [0.2, 0.25) is 11.8 Å². The monoisotopic (exact) mass is 1110 g/mol. The highest BCUT2D eigenvalue weighted by Crippen LogP contribution is 2.20. The maximum Gasteiger partial charge on any atom is 0.307 e. The molecule has 1 saturated heterocycles. The Balaban J connectivity index is 0.00000169. The molecule has 2 heterocycles. The number of Topliss-reactive ketones (excluding diaryl/α,β-unsaturated/α-hetero) is 4. The van der Waals surface area contributed by atoms with Gasteiger partial charge in [0.15, 0.2) is 0 Å². The van der Waals surface area contributed by atoms with Crippen molar-refractivity contribution < 1.29 is 73.8 Å². The molecule has 2 rings (SSSR count). The van der Waals surface area contributed by atoms with E-state index in [2.05, 4.69) is 32.6 Å². The fourth-order valence-corrected chi connectivity index (χ4v) is 8.91. The second kappa shape index (κ2) is 48.0. The zero-order valence-corrected chi connectivity index (χ0v) is 47.8. The quantitative estimate of drug-likeness (QED) is 0.0301. The van der Waals surface area contributed by atoms with Crippen LogP contribution >= 0.6 is 0 Å². The fraction of sp³-hybridized carbons (Fsp3) is 0.793. The number of ether oxygens (including phenoxy) is 3. The van der Waals surface area contributed by atoms with Crippen LogP contribution in [0.3, 0.4) is 0 Å². The van der Waals surface area contributed by atoms with Gasteiger partial charge in [-0.3, -0.25) is 43.2 Å². The number of unbranched alkanes of at least 4 members (excludes halogenated alkanes) is 16. The molecule has 0 aromatic carbocycles. The molecule has 5 N–H and O–H groups in total. The molecule has 0 unspecified atom stereocenters. The Hall–Kier alpha value is -4.92. The number of hydroxylamine groups is 1. The summed E-state index contributed by atoms with van der Waals surface area (Å²) in [6, 6.07) is 0. The third kappa shape index (κ3) is 43.0. The number of ketones is 4. The first kappa shape index (κ1) is 71.1. The zero-order chi connectivity index (χ0) is 57.4. The molecule has 1 fully saturated rings. The van der Waals surface area contributed by atoms with Crippen molar-refractivity contribution in [1.82, 2.24) is 25.7 Å². The Kier molecular flexibility index (Phi) is 43.8. The molecule has 20 nitrogen and oxygen atoms in total. The van der Waals surface area contributed by atoms with Gasteiger partial charge in [-0.2, -0.15) is 0 Å². The molecule has 1 aliphatic heterocycles. The van der Waals surface area contributed by atoms with Crippen LogP contribution in [-0.2, 0) is 68.6 Å². The first-order valence-corrected chi connectivity index (χ1v) is 29.2. The maximum absolute atomic E-state index is 12.3. The van der Waals surface area contributed by atoms with Gasteiger partial charge in [0.25, 0.3) is 5.91 Å². The number of piperidine rings is 1. The van der Waals surface area contributed by atoms with Crippen LogP contribution in [0.25, 0.3) is 0 Å². The van der Waals surface area contributed by atoms with Crippen molar-refractivity contribution >= 4 is 52.8 Å². The summed E-state index contributed by atoms with van der Waals surface area (Å²) in [5, 5.41) is 20.4. The molecular formula is C58H101N5O15. The van der Waals surface area contributed by atoms with E-state index in [9.17, 15) is 43.2 Å². The average Bonchev–Trinajstić information content (AvgIpc) is 3.93. The van der Waals surface area contributed by atoms with Crippen LogP contribution in [0.2, 0.25) is 0 Å². The zero-order valence-electron chi connectivity index (χ0n) is 47.8. The minimum Gasteiger partial charge on any atom is -0.481 e. The van der Waals surface area contributed by atoms with E-state index in [1.54, 1.807) is 12.5 Å². The van der Waals surface area contributed by atoms with Crippen LogP contribution in [-0.4, -0.2) is 144 Å². The smallest absolute Gasteiger partial charge is 0.307 e. The number of nitrogens with one attached hydrogen (secondary N) is 3. The summed E-state index contributed by atoms with van der Waals surface area (Å²) >= 11 is 0. The molecule has 0 spiro atoms. The lowest BCUT2D eigenvalue weighted by Gasteiger charge is -2.30. The van der Waals surface area contributed by atoms with E-state index in [0.717, 1.165) is 50.4 Å². The van der Waals surface area contributed by atoms with Crippen LogP contribution < -0.4 is 10.8 Å². The lowest BCUT2D eigenvalue weighted by Crippen LogP contribution is -2.37. The summed E-state index contributed by atoms with van der Waals surface area (Å²) in [4.78, 5) is 119. The number of carbonyl (C=O) groups excluding carboxylic acids is 7. The van der Waals surface area contributed by atoms with Crippen molar-refractivity contribution in [3.8, 4) is 0 Å². The number of amides is 3. The van der Waals surface area contributed by atoms with Crippen LogP contribution in [0, 0.1) is 17.8 Å². The fourth-order valence-electron chi connectivity index (χ4n) is 8.91. The molecule has 0 bridgehead atoms. The van der Waals surface area contributed by atoms with Gasteiger partial charge >= 0.3 is 11.9 Å². The number of H-pyrrole nitrogens is 1. The molecular weight excluding hydrogens is 1010 g/mol. The highest BCUT2D eigenvalue weighted by atomic mass is 16.7. The average molecular weight is 1110 g/mol. The predicted molar refractivity (Wildman–Crippen MR) is 297 cm³/mol. The van der Waals surface area contributed by atoms with E-state index < -0.39 is 23.8 Å². The highest BCUT2D eigenvalue weighted by Gasteiger charge is 2.23. The Bertz CT molecular complexity index is 1810. The third-order valence-corrected chi connectivity index (χ3v) is 13.7. The molecule has 3 amide bonds. The van der Waals surface area contributed by atoms with Gasteiger partial charge in [-0.05, 0) is 71.1 Å². The number of carbonyl (C=O) groups is 9. The van der Waals surface area contributed by atoms with E-state index >= 15 is 0 Å². The normalized spacial score (nSPS) is 13.2. The van der Waals surface area contributed by atoms with E-state index in [0.29, 0.717) is 57.4 Å². The molecule has 0 saturated carbocycles. The second-order valence-corrected chi connectivity index (χ2v) is 21.0. The van der Waals surface area contributed by atoms with Gasteiger partial charge < -0.3 is 44.4 Å². The van der Waals surface area contributed by atoms with Crippen molar-refractivity contribution in [1.29, 1.82) is 0 Å². The Morgan fingerprint density at radius 1 is 0.628 bits per heavy atom. The number of aliphatic carboxylic acids is 2. The number of nitrogens with zero attached hydrogens (tertiary/aromatic N) is 2. The predicted octanol–water partition coefficient (Wildman–Crippen LogP) is 8.91. The SMILES string of the molecule is CC(=O)C[C@H](CC(=O)CCCOCCOCC(=O)NOCCOCC(=O)NCCCC[C@H](CC(=O)CCc1cnc[nH]1)C(C)=O)C(=O)O.CC1CCN(C(=O)CCCCCCCCCCCCCCCCCCC(=O)O)CC1.[HH]. The van der Waals surface area contributed by atoms with Crippen LogP contribution in [0.1, 0.15) is 214 Å². The van der Waals surface area contributed by atoms with Crippen molar-refractivity contribution in [2.75, 3.05) is 65.9 Å². The number of aryl methyl sites for hydroxylation is 1. The summed E-state index contributed by atoms with van der Waals surface area (Å²) < 4.78 is 15.7. The number of hydrogen-bond acceptors (Lipinski definition) is 14. The van der Waals surface area contributed by atoms with Gasteiger partial charge in [-0.15, -0.1) is 0 Å². The first-order chi connectivity index (χ1) is 37.6.